The van der Waals surface area contributed by atoms with Crippen LogP contribution in [0.15, 0.2) is 71.6 Å². The van der Waals surface area contributed by atoms with Crippen LogP contribution in [0.5, 0.6) is 11.5 Å². The second kappa shape index (κ2) is 10.3. The van der Waals surface area contributed by atoms with Crippen molar-refractivity contribution >= 4 is 40.4 Å². The van der Waals surface area contributed by atoms with Crippen molar-refractivity contribution in [3.8, 4) is 11.5 Å². The molecule has 3 aromatic rings. The smallest absolute Gasteiger partial charge is 0.416 e. The molecule has 0 aliphatic carbocycles. The fourth-order valence-electron chi connectivity index (χ4n) is 3.50. The highest BCUT2D eigenvalue weighted by atomic mass is 32.2. The molecule has 0 N–H and O–H groups in total. The molecule has 10 nitrogen and oxygen atoms in total. The Hall–Kier alpha value is -4.72. The lowest BCUT2D eigenvalue weighted by atomic mass is 10.1. The van der Waals surface area contributed by atoms with Gasteiger partial charge in [0.25, 0.3) is 16.8 Å². The van der Waals surface area contributed by atoms with Gasteiger partial charge >= 0.3 is 11.9 Å². The molecule has 1 fully saturated rings. The first kappa shape index (κ1) is 26.3. The van der Waals surface area contributed by atoms with Crippen molar-refractivity contribution in [3.63, 3.8) is 0 Å². The van der Waals surface area contributed by atoms with Crippen molar-refractivity contribution in [1.29, 1.82) is 0 Å². The van der Waals surface area contributed by atoms with E-state index in [1.54, 1.807) is 12.1 Å². The van der Waals surface area contributed by atoms with E-state index in [0.717, 1.165) is 11.0 Å². The predicted molar refractivity (Wildman–Crippen MR) is 129 cm³/mol. The summed E-state index contributed by atoms with van der Waals surface area (Å²) in [5.74, 6) is -1.08. The first-order valence-corrected chi connectivity index (χ1v) is 11.4. The number of benzene rings is 3. The molecule has 4 rings (SSSR count). The number of nitro benzene ring substituents is 2. The lowest BCUT2D eigenvalue weighted by Gasteiger charge is -2.12. The standard InChI is InChI=1S/C24H14F3N3O7S/c25-24(26,27)16-8-9-20(19(12-16)30(35)36)37-17-6-3-4-14(10-17)11-21-22(31)28(23(32)38-21)13-15-5-1-2-7-18(15)29(33)34/h1-12H,13H2/b21-11-. The third-order valence-corrected chi connectivity index (χ3v) is 6.16. The van der Waals surface area contributed by atoms with Gasteiger partial charge in [0, 0.05) is 17.7 Å². The molecule has 0 bridgehead atoms. The van der Waals surface area contributed by atoms with Crippen molar-refractivity contribution in [2.24, 2.45) is 0 Å². The van der Waals surface area contributed by atoms with Crippen LogP contribution in [-0.4, -0.2) is 25.9 Å². The zero-order chi connectivity index (χ0) is 27.6. The Balaban J connectivity index is 1.57. The topological polar surface area (TPSA) is 133 Å². The van der Waals surface area contributed by atoms with E-state index in [4.69, 9.17) is 4.74 Å². The summed E-state index contributed by atoms with van der Waals surface area (Å²) in [4.78, 5) is 47.2. The molecular formula is C24H14F3N3O7S. The molecule has 1 aliphatic heterocycles. The maximum atomic E-state index is 12.9. The number of hydrogen-bond donors (Lipinski definition) is 0. The van der Waals surface area contributed by atoms with Gasteiger partial charge in [-0.05, 0) is 47.7 Å². The number of nitro groups is 2. The van der Waals surface area contributed by atoms with Gasteiger partial charge in [-0.2, -0.15) is 13.2 Å². The molecule has 0 unspecified atom stereocenters. The summed E-state index contributed by atoms with van der Waals surface area (Å²) >= 11 is 0.622. The van der Waals surface area contributed by atoms with E-state index in [1.165, 1.54) is 42.5 Å². The molecule has 0 saturated carbocycles. The van der Waals surface area contributed by atoms with Crippen LogP contribution in [0, 0.1) is 20.2 Å². The van der Waals surface area contributed by atoms with Gasteiger partial charge in [-0.25, -0.2) is 0 Å². The highest BCUT2D eigenvalue weighted by Crippen LogP contribution is 2.39. The SMILES string of the molecule is O=C1S/C(=C\c2cccc(Oc3ccc(C(F)(F)F)cc3[N+](=O)[O-])c2)C(=O)N1Cc1ccccc1[N+](=O)[O-]. The van der Waals surface area contributed by atoms with E-state index in [9.17, 15) is 43.0 Å². The third kappa shape index (κ3) is 5.64. The van der Waals surface area contributed by atoms with Crippen LogP contribution in [0.4, 0.5) is 29.3 Å². The summed E-state index contributed by atoms with van der Waals surface area (Å²) in [6, 6.07) is 13.4. The summed E-state index contributed by atoms with van der Waals surface area (Å²) in [7, 11) is 0. The molecule has 38 heavy (non-hydrogen) atoms. The maximum absolute atomic E-state index is 12.9. The zero-order valence-corrected chi connectivity index (χ0v) is 19.7. The van der Waals surface area contributed by atoms with E-state index < -0.39 is 44.2 Å². The van der Waals surface area contributed by atoms with E-state index in [-0.39, 0.29) is 28.5 Å². The molecule has 1 aliphatic rings. The number of hydrogen-bond acceptors (Lipinski definition) is 8. The number of carbonyl (C=O) groups excluding carboxylic acids is 2. The molecule has 14 heteroatoms. The molecule has 1 saturated heterocycles. The average Bonchev–Trinajstić information content (AvgIpc) is 3.11. The molecule has 2 amide bonds. The second-order valence-electron chi connectivity index (χ2n) is 7.77. The number of para-hydroxylation sites is 1. The van der Waals surface area contributed by atoms with E-state index in [0.29, 0.717) is 29.5 Å². The molecule has 194 valence electrons. The van der Waals surface area contributed by atoms with Crippen molar-refractivity contribution in [1.82, 2.24) is 4.90 Å². The van der Waals surface area contributed by atoms with Gasteiger partial charge in [0.2, 0.25) is 5.75 Å². The molecule has 0 radical (unpaired) electrons. The summed E-state index contributed by atoms with van der Waals surface area (Å²) in [5.41, 5.74) is -1.80. The van der Waals surface area contributed by atoms with Gasteiger partial charge < -0.3 is 4.74 Å². The van der Waals surface area contributed by atoms with Crippen molar-refractivity contribution in [2.75, 3.05) is 0 Å². The number of rotatable bonds is 7. The fraction of sp³-hybridized carbons (Fsp3) is 0.0833. The zero-order valence-electron chi connectivity index (χ0n) is 18.9. The number of alkyl halides is 3. The predicted octanol–water partition coefficient (Wildman–Crippen LogP) is 6.55. The molecule has 0 spiro atoms. The lowest BCUT2D eigenvalue weighted by molar-refractivity contribution is -0.385. The number of ether oxygens (including phenoxy) is 1. The number of carbonyl (C=O) groups is 2. The second-order valence-corrected chi connectivity index (χ2v) is 8.76. The monoisotopic (exact) mass is 545 g/mol. The van der Waals surface area contributed by atoms with Crippen LogP contribution >= 0.6 is 11.8 Å². The molecular weight excluding hydrogens is 531 g/mol. The molecule has 3 aromatic carbocycles. The molecule has 0 aromatic heterocycles. The minimum absolute atomic E-state index is 0.0197. The normalized spacial score (nSPS) is 14.7. The summed E-state index contributed by atoms with van der Waals surface area (Å²) < 4.78 is 44.3. The van der Waals surface area contributed by atoms with Crippen molar-refractivity contribution in [3.05, 3.63) is 109 Å². The van der Waals surface area contributed by atoms with Crippen LogP contribution < -0.4 is 4.74 Å². The van der Waals surface area contributed by atoms with Crippen LogP contribution in [0.25, 0.3) is 6.08 Å². The Morgan fingerprint density at radius 3 is 2.32 bits per heavy atom. The maximum Gasteiger partial charge on any atom is 0.416 e. The largest absolute Gasteiger partial charge is 0.450 e. The molecule has 0 atom stereocenters. The lowest BCUT2D eigenvalue weighted by Crippen LogP contribution is -2.27. The summed E-state index contributed by atoms with van der Waals surface area (Å²) in [5, 5.41) is 21.9. The van der Waals surface area contributed by atoms with Crippen molar-refractivity contribution < 1.29 is 37.3 Å². The summed E-state index contributed by atoms with van der Waals surface area (Å²) in [6.45, 7) is -0.306. The van der Waals surface area contributed by atoms with Gasteiger partial charge in [-0.3, -0.25) is 34.7 Å². The minimum atomic E-state index is -4.78. The Kier molecular flexibility index (Phi) is 7.17. The highest BCUT2D eigenvalue weighted by molar-refractivity contribution is 8.18. The first-order valence-electron chi connectivity index (χ1n) is 10.6. The summed E-state index contributed by atoms with van der Waals surface area (Å²) in [6.07, 6.45) is -3.42. The first-order chi connectivity index (χ1) is 17.9. The van der Waals surface area contributed by atoms with Crippen LogP contribution in [0.1, 0.15) is 16.7 Å². The third-order valence-electron chi connectivity index (χ3n) is 5.26. The number of nitrogens with zero attached hydrogens (tertiary/aromatic N) is 3. The Labute approximate surface area is 215 Å². The highest BCUT2D eigenvalue weighted by Gasteiger charge is 2.36. The Morgan fingerprint density at radius 1 is 0.921 bits per heavy atom. The number of imide groups is 1. The Bertz CT molecular complexity index is 1510. The van der Waals surface area contributed by atoms with Gasteiger partial charge in [0.05, 0.1) is 26.9 Å². The van der Waals surface area contributed by atoms with E-state index >= 15 is 0 Å². The van der Waals surface area contributed by atoms with Crippen LogP contribution in [0.2, 0.25) is 0 Å². The van der Waals surface area contributed by atoms with Gasteiger partial charge in [0.15, 0.2) is 0 Å². The van der Waals surface area contributed by atoms with Gasteiger partial charge in [-0.15, -0.1) is 0 Å². The van der Waals surface area contributed by atoms with E-state index in [2.05, 4.69) is 0 Å². The number of halogens is 3. The van der Waals surface area contributed by atoms with E-state index in [1.807, 2.05) is 0 Å². The quantitative estimate of drug-likeness (QED) is 0.185. The fourth-order valence-corrected chi connectivity index (χ4v) is 4.34. The number of thioether (sulfide) groups is 1. The number of amides is 2. The van der Waals surface area contributed by atoms with Crippen LogP contribution in [-0.2, 0) is 17.5 Å². The minimum Gasteiger partial charge on any atom is -0.450 e. The van der Waals surface area contributed by atoms with Gasteiger partial charge in [0.1, 0.15) is 5.75 Å². The van der Waals surface area contributed by atoms with Gasteiger partial charge in [-0.1, -0.05) is 30.3 Å². The molecule has 1 heterocycles. The van der Waals surface area contributed by atoms with Crippen molar-refractivity contribution in [2.45, 2.75) is 12.7 Å². The Morgan fingerprint density at radius 2 is 1.63 bits per heavy atom. The van der Waals surface area contributed by atoms with Crippen LogP contribution in [0.3, 0.4) is 0 Å². The average molecular weight is 545 g/mol.